The number of fused-ring (bicyclic) bond motifs is 1. The summed E-state index contributed by atoms with van der Waals surface area (Å²) in [5.74, 6) is 1.53. The molecule has 4 nitrogen and oxygen atoms in total. The van der Waals surface area contributed by atoms with Crippen molar-refractivity contribution in [2.24, 2.45) is 0 Å². The van der Waals surface area contributed by atoms with Gasteiger partial charge in [-0.1, -0.05) is 15.9 Å². The minimum absolute atomic E-state index is 0.272. The fourth-order valence-electron chi connectivity index (χ4n) is 1.95. The van der Waals surface area contributed by atoms with E-state index in [4.69, 9.17) is 14.7 Å². The summed E-state index contributed by atoms with van der Waals surface area (Å²) in [6.45, 7) is 0.928. The molecular weight excluding hydrogens is 320 g/mol. The van der Waals surface area contributed by atoms with E-state index in [1.807, 2.05) is 24.3 Å². The van der Waals surface area contributed by atoms with E-state index in [0.717, 1.165) is 27.2 Å². The van der Waals surface area contributed by atoms with Crippen LogP contribution in [0.5, 0.6) is 11.5 Å². The van der Waals surface area contributed by atoms with Crippen molar-refractivity contribution < 1.29 is 9.47 Å². The average molecular weight is 331 g/mol. The Balaban J connectivity index is 1.73. The monoisotopic (exact) mass is 330 g/mol. The van der Waals surface area contributed by atoms with Gasteiger partial charge < -0.3 is 14.8 Å². The SMILES string of the molecule is N#Cc1ccc(NCc2cc3c(cc2Br)OCO3)cc1. The zero-order chi connectivity index (χ0) is 13.9. The number of nitrogens with zero attached hydrogens (tertiary/aromatic N) is 1. The summed E-state index contributed by atoms with van der Waals surface area (Å²) >= 11 is 3.53. The van der Waals surface area contributed by atoms with E-state index >= 15 is 0 Å². The van der Waals surface area contributed by atoms with Gasteiger partial charge in [0.15, 0.2) is 11.5 Å². The van der Waals surface area contributed by atoms with Crippen LogP contribution >= 0.6 is 15.9 Å². The highest BCUT2D eigenvalue weighted by Gasteiger charge is 2.16. The second kappa shape index (κ2) is 5.43. The van der Waals surface area contributed by atoms with Gasteiger partial charge in [0.1, 0.15) is 0 Å². The topological polar surface area (TPSA) is 54.3 Å². The summed E-state index contributed by atoms with van der Waals surface area (Å²) in [5, 5.41) is 12.1. The van der Waals surface area contributed by atoms with Crippen molar-refractivity contribution in [1.29, 1.82) is 5.26 Å². The summed E-state index contributed by atoms with van der Waals surface area (Å²) in [6.07, 6.45) is 0. The molecule has 0 aromatic heterocycles. The van der Waals surface area contributed by atoms with Crippen LogP contribution in [0.2, 0.25) is 0 Å². The van der Waals surface area contributed by atoms with E-state index in [-0.39, 0.29) is 6.79 Å². The molecule has 2 aromatic rings. The molecule has 0 aliphatic carbocycles. The predicted octanol–water partition coefficient (Wildman–Crippen LogP) is 3.66. The van der Waals surface area contributed by atoms with Gasteiger partial charge in [0.2, 0.25) is 6.79 Å². The zero-order valence-corrected chi connectivity index (χ0v) is 12.1. The minimum Gasteiger partial charge on any atom is -0.454 e. The largest absolute Gasteiger partial charge is 0.454 e. The second-order valence-electron chi connectivity index (χ2n) is 4.34. The first kappa shape index (κ1) is 12.8. The first-order valence-corrected chi connectivity index (χ1v) is 6.87. The molecule has 0 bridgehead atoms. The first-order valence-electron chi connectivity index (χ1n) is 6.08. The van der Waals surface area contributed by atoms with Crippen LogP contribution in [0.1, 0.15) is 11.1 Å². The van der Waals surface area contributed by atoms with Crippen molar-refractivity contribution in [1.82, 2.24) is 0 Å². The van der Waals surface area contributed by atoms with Crippen molar-refractivity contribution in [2.45, 2.75) is 6.54 Å². The van der Waals surface area contributed by atoms with Gasteiger partial charge in [0.25, 0.3) is 0 Å². The molecule has 1 N–H and O–H groups in total. The molecule has 0 fully saturated rings. The molecule has 0 saturated heterocycles. The number of hydrogen-bond donors (Lipinski definition) is 1. The fraction of sp³-hybridized carbons (Fsp3) is 0.133. The lowest BCUT2D eigenvalue weighted by Gasteiger charge is -2.09. The Morgan fingerprint density at radius 1 is 1.15 bits per heavy atom. The molecule has 1 aliphatic rings. The van der Waals surface area contributed by atoms with Gasteiger partial charge in [-0.25, -0.2) is 0 Å². The molecule has 1 heterocycles. The zero-order valence-electron chi connectivity index (χ0n) is 10.5. The van der Waals surface area contributed by atoms with Crippen molar-refractivity contribution in [3.05, 3.63) is 52.0 Å². The second-order valence-corrected chi connectivity index (χ2v) is 5.19. The molecule has 0 atom stereocenters. The van der Waals surface area contributed by atoms with E-state index in [0.29, 0.717) is 12.1 Å². The van der Waals surface area contributed by atoms with Gasteiger partial charge in [0.05, 0.1) is 11.6 Å². The van der Waals surface area contributed by atoms with Crippen LogP contribution in [0.25, 0.3) is 0 Å². The maximum Gasteiger partial charge on any atom is 0.231 e. The standard InChI is InChI=1S/C15H11BrN2O2/c16-13-6-15-14(19-9-20-15)5-11(13)8-18-12-3-1-10(7-17)2-4-12/h1-6,18H,8-9H2. The Morgan fingerprint density at radius 3 is 2.55 bits per heavy atom. The predicted molar refractivity (Wildman–Crippen MR) is 78.7 cm³/mol. The lowest BCUT2D eigenvalue weighted by atomic mass is 10.2. The van der Waals surface area contributed by atoms with Crippen LogP contribution in [-0.4, -0.2) is 6.79 Å². The molecule has 0 unspecified atom stereocenters. The number of rotatable bonds is 3. The minimum atomic E-state index is 0.272. The van der Waals surface area contributed by atoms with Crippen LogP contribution < -0.4 is 14.8 Å². The number of halogens is 1. The third-order valence-electron chi connectivity index (χ3n) is 3.04. The lowest BCUT2D eigenvalue weighted by molar-refractivity contribution is 0.174. The molecule has 20 heavy (non-hydrogen) atoms. The highest BCUT2D eigenvalue weighted by atomic mass is 79.9. The molecule has 1 aliphatic heterocycles. The van der Waals surface area contributed by atoms with Crippen LogP contribution in [-0.2, 0) is 6.54 Å². The third kappa shape index (κ3) is 2.56. The van der Waals surface area contributed by atoms with Crippen LogP contribution in [0.3, 0.4) is 0 Å². The summed E-state index contributed by atoms with van der Waals surface area (Å²) in [6, 6.07) is 13.3. The molecule has 0 radical (unpaired) electrons. The van der Waals surface area contributed by atoms with Gasteiger partial charge in [-0.05, 0) is 42.0 Å². The quantitative estimate of drug-likeness (QED) is 0.933. The molecule has 2 aromatic carbocycles. The van der Waals surface area contributed by atoms with Crippen LogP contribution in [0.15, 0.2) is 40.9 Å². The van der Waals surface area contributed by atoms with Gasteiger partial charge in [-0.15, -0.1) is 0 Å². The number of anilines is 1. The van der Waals surface area contributed by atoms with E-state index in [2.05, 4.69) is 27.3 Å². The molecule has 5 heteroatoms. The number of hydrogen-bond acceptors (Lipinski definition) is 4. The third-order valence-corrected chi connectivity index (χ3v) is 3.78. The molecule has 0 amide bonds. The molecular formula is C15H11BrN2O2. The number of ether oxygens (including phenoxy) is 2. The van der Waals surface area contributed by atoms with E-state index in [9.17, 15) is 0 Å². The van der Waals surface area contributed by atoms with Crippen LogP contribution in [0, 0.1) is 11.3 Å². The number of nitriles is 1. The van der Waals surface area contributed by atoms with E-state index in [1.165, 1.54) is 0 Å². The first-order chi connectivity index (χ1) is 9.76. The molecule has 0 saturated carbocycles. The van der Waals surface area contributed by atoms with Crippen molar-refractivity contribution in [3.8, 4) is 17.6 Å². The van der Waals surface area contributed by atoms with Gasteiger partial charge in [-0.2, -0.15) is 5.26 Å². The van der Waals surface area contributed by atoms with E-state index in [1.54, 1.807) is 12.1 Å². The Hall–Kier alpha value is -2.19. The highest BCUT2D eigenvalue weighted by Crippen LogP contribution is 2.37. The van der Waals surface area contributed by atoms with E-state index < -0.39 is 0 Å². The van der Waals surface area contributed by atoms with Crippen LogP contribution in [0.4, 0.5) is 5.69 Å². The molecule has 0 spiro atoms. The summed E-state index contributed by atoms with van der Waals surface area (Å²) < 4.78 is 11.7. The summed E-state index contributed by atoms with van der Waals surface area (Å²) in [7, 11) is 0. The smallest absolute Gasteiger partial charge is 0.231 e. The van der Waals surface area contributed by atoms with Gasteiger partial charge in [-0.3, -0.25) is 0 Å². The Bertz CT molecular complexity index is 678. The van der Waals surface area contributed by atoms with Crippen molar-refractivity contribution in [3.63, 3.8) is 0 Å². The Kier molecular flexibility index (Phi) is 3.48. The van der Waals surface area contributed by atoms with Gasteiger partial charge >= 0.3 is 0 Å². The van der Waals surface area contributed by atoms with Gasteiger partial charge in [0, 0.05) is 16.7 Å². The number of benzene rings is 2. The molecule has 3 rings (SSSR count). The summed E-state index contributed by atoms with van der Waals surface area (Å²) in [4.78, 5) is 0. The maximum atomic E-state index is 8.76. The lowest BCUT2D eigenvalue weighted by Crippen LogP contribution is -2.00. The number of nitrogens with one attached hydrogen (secondary N) is 1. The Labute approximate surface area is 125 Å². The van der Waals surface area contributed by atoms with Crippen molar-refractivity contribution in [2.75, 3.05) is 12.1 Å². The Morgan fingerprint density at radius 2 is 1.85 bits per heavy atom. The molecule has 100 valence electrons. The fourth-order valence-corrected chi connectivity index (χ4v) is 2.42. The van der Waals surface area contributed by atoms with Crippen molar-refractivity contribution >= 4 is 21.6 Å². The average Bonchev–Trinajstić information content (AvgIpc) is 2.92. The summed E-state index contributed by atoms with van der Waals surface area (Å²) in [5.41, 5.74) is 2.70. The highest BCUT2D eigenvalue weighted by molar-refractivity contribution is 9.10. The normalized spacial score (nSPS) is 12.0. The maximum absolute atomic E-state index is 8.76.